The van der Waals surface area contributed by atoms with E-state index in [4.69, 9.17) is 9.72 Å². The van der Waals surface area contributed by atoms with Crippen molar-refractivity contribution in [1.29, 1.82) is 0 Å². The van der Waals surface area contributed by atoms with E-state index in [1.54, 1.807) is 11.3 Å². The van der Waals surface area contributed by atoms with E-state index in [-0.39, 0.29) is 12.0 Å². The van der Waals surface area contributed by atoms with Gasteiger partial charge in [0.1, 0.15) is 16.9 Å². The summed E-state index contributed by atoms with van der Waals surface area (Å²) in [5.41, 5.74) is 3.57. The minimum absolute atomic E-state index is 0.174. The summed E-state index contributed by atoms with van der Waals surface area (Å²) in [5, 5.41) is 10.5. The van der Waals surface area contributed by atoms with E-state index >= 15 is 0 Å². The number of aromatic nitrogens is 3. The third kappa shape index (κ3) is 4.69. The Bertz CT molecular complexity index is 1340. The first-order valence-electron chi connectivity index (χ1n) is 12.0. The average molecular weight is 487 g/mol. The molecule has 9 heteroatoms. The fourth-order valence-electron chi connectivity index (χ4n) is 4.61. The second-order valence-electron chi connectivity index (χ2n) is 8.83. The predicted octanol–water partition coefficient (Wildman–Crippen LogP) is 4.75. The van der Waals surface area contributed by atoms with Crippen molar-refractivity contribution in [3.05, 3.63) is 54.2 Å². The van der Waals surface area contributed by atoms with Crippen LogP contribution in [0, 0.1) is 0 Å². The number of hydrogen-bond acceptors (Lipinski definition) is 8. The van der Waals surface area contributed by atoms with E-state index in [1.165, 1.54) is 0 Å². The zero-order chi connectivity index (χ0) is 23.6. The molecule has 0 aliphatic carbocycles. The van der Waals surface area contributed by atoms with Gasteiger partial charge in [-0.2, -0.15) is 0 Å². The molecule has 0 atom stereocenters. The smallest absolute Gasteiger partial charge is 0.227 e. The van der Waals surface area contributed by atoms with Gasteiger partial charge in [0, 0.05) is 53.6 Å². The topological polar surface area (TPSA) is 92.3 Å². The number of anilines is 3. The quantitative estimate of drug-likeness (QED) is 0.406. The number of carbonyl (C=O) groups is 1. The molecule has 8 nitrogen and oxygen atoms in total. The van der Waals surface area contributed by atoms with Gasteiger partial charge in [0.25, 0.3) is 0 Å². The summed E-state index contributed by atoms with van der Waals surface area (Å²) in [6.07, 6.45) is 7.30. The van der Waals surface area contributed by atoms with Crippen molar-refractivity contribution < 1.29 is 9.53 Å². The second kappa shape index (κ2) is 9.59. The minimum atomic E-state index is 0.174. The van der Waals surface area contributed by atoms with Crippen LogP contribution in [0.3, 0.4) is 0 Å². The Morgan fingerprint density at radius 2 is 1.97 bits per heavy atom. The zero-order valence-electron chi connectivity index (χ0n) is 19.2. The van der Waals surface area contributed by atoms with Crippen molar-refractivity contribution in [2.24, 2.45) is 0 Å². The van der Waals surface area contributed by atoms with Crippen molar-refractivity contribution in [3.63, 3.8) is 0 Å². The van der Waals surface area contributed by atoms with E-state index in [9.17, 15) is 4.79 Å². The highest BCUT2D eigenvalue weighted by atomic mass is 32.1. The first-order chi connectivity index (χ1) is 17.2. The molecule has 178 valence electrons. The van der Waals surface area contributed by atoms with Crippen LogP contribution in [0.5, 0.6) is 5.75 Å². The first-order valence-corrected chi connectivity index (χ1v) is 12.9. The first kappa shape index (κ1) is 21.9. The van der Waals surface area contributed by atoms with Gasteiger partial charge >= 0.3 is 0 Å². The Hall–Kier alpha value is -3.56. The summed E-state index contributed by atoms with van der Waals surface area (Å²) in [6.45, 7) is 2.71. The van der Waals surface area contributed by atoms with Gasteiger partial charge in [-0.25, -0.2) is 15.0 Å². The maximum atomic E-state index is 12.0. The molecule has 0 saturated carbocycles. The van der Waals surface area contributed by atoms with Crippen molar-refractivity contribution in [1.82, 2.24) is 20.3 Å². The Morgan fingerprint density at radius 3 is 2.71 bits per heavy atom. The summed E-state index contributed by atoms with van der Waals surface area (Å²) >= 11 is 1.59. The molecule has 1 amide bonds. The van der Waals surface area contributed by atoms with Gasteiger partial charge in [0.2, 0.25) is 11.9 Å². The van der Waals surface area contributed by atoms with Gasteiger partial charge in [-0.3, -0.25) is 4.79 Å². The Labute approximate surface area is 207 Å². The SMILES string of the molecule is O=C1CCCN1c1ccc(Nc2ncc3cc(-c4nccs4)c(OC4CCNCC4)cc3n2)cc1. The molecule has 0 spiro atoms. The highest BCUT2D eigenvalue weighted by Gasteiger charge is 2.22. The van der Waals surface area contributed by atoms with E-state index in [1.807, 2.05) is 53.0 Å². The lowest BCUT2D eigenvalue weighted by Gasteiger charge is -2.25. The third-order valence-electron chi connectivity index (χ3n) is 6.43. The zero-order valence-corrected chi connectivity index (χ0v) is 20.1. The standard InChI is InChI=1S/C26H26N6O2S/c33-24-2-1-12-32(24)19-5-3-18(4-6-19)30-26-29-16-17-14-21(25-28-11-13-35-25)23(15-22(17)31-26)34-20-7-9-27-10-8-20/h3-6,11,13-16,20,27H,1-2,7-10,12H2,(H,29,30,31). The monoisotopic (exact) mass is 486 g/mol. The average Bonchev–Trinajstić information content (AvgIpc) is 3.57. The third-order valence-corrected chi connectivity index (χ3v) is 7.24. The highest BCUT2D eigenvalue weighted by Crippen LogP contribution is 2.36. The minimum Gasteiger partial charge on any atom is -0.490 e. The lowest BCUT2D eigenvalue weighted by atomic mass is 10.1. The maximum Gasteiger partial charge on any atom is 0.227 e. The number of thiazole rings is 1. The molecule has 0 bridgehead atoms. The molecule has 0 unspecified atom stereocenters. The summed E-state index contributed by atoms with van der Waals surface area (Å²) in [4.78, 5) is 27.6. The fourth-order valence-corrected chi connectivity index (χ4v) is 5.27. The Kier molecular flexibility index (Phi) is 6.01. The molecule has 2 saturated heterocycles. The molecular weight excluding hydrogens is 460 g/mol. The fraction of sp³-hybridized carbons (Fsp3) is 0.308. The lowest BCUT2D eigenvalue weighted by Crippen LogP contribution is -2.34. The summed E-state index contributed by atoms with van der Waals surface area (Å²) in [7, 11) is 0. The number of nitrogens with one attached hydrogen (secondary N) is 2. The second-order valence-corrected chi connectivity index (χ2v) is 9.72. The van der Waals surface area contributed by atoms with Crippen molar-refractivity contribution in [3.8, 4) is 16.3 Å². The van der Waals surface area contributed by atoms with Gasteiger partial charge in [-0.05, 0) is 62.7 Å². The van der Waals surface area contributed by atoms with Crippen molar-refractivity contribution >= 4 is 45.5 Å². The molecule has 2 aliphatic heterocycles. The van der Waals surface area contributed by atoms with E-state index < -0.39 is 0 Å². The number of amides is 1. The lowest BCUT2D eigenvalue weighted by molar-refractivity contribution is -0.117. The number of piperidine rings is 1. The summed E-state index contributed by atoms with van der Waals surface area (Å²) in [6, 6.07) is 11.9. The van der Waals surface area contributed by atoms with Crippen LogP contribution in [0.2, 0.25) is 0 Å². The molecule has 4 heterocycles. The molecule has 2 aromatic heterocycles. The number of nitrogens with zero attached hydrogens (tertiary/aromatic N) is 4. The highest BCUT2D eigenvalue weighted by molar-refractivity contribution is 7.13. The molecule has 2 aromatic carbocycles. The molecule has 35 heavy (non-hydrogen) atoms. The van der Waals surface area contributed by atoms with Crippen LogP contribution >= 0.6 is 11.3 Å². The van der Waals surface area contributed by atoms with Crippen LogP contribution < -0.4 is 20.3 Å². The summed E-state index contributed by atoms with van der Waals surface area (Å²) < 4.78 is 6.46. The molecule has 2 fully saturated rings. The van der Waals surface area contributed by atoms with Crippen LogP contribution in [0.15, 0.2) is 54.2 Å². The van der Waals surface area contributed by atoms with Gasteiger partial charge < -0.3 is 20.3 Å². The van der Waals surface area contributed by atoms with E-state index in [0.29, 0.717) is 12.4 Å². The molecule has 0 radical (unpaired) electrons. The Morgan fingerprint density at radius 1 is 1.11 bits per heavy atom. The van der Waals surface area contributed by atoms with Crippen LogP contribution in [-0.2, 0) is 4.79 Å². The van der Waals surface area contributed by atoms with Crippen molar-refractivity contribution in [2.75, 3.05) is 29.9 Å². The van der Waals surface area contributed by atoms with Crippen LogP contribution in [0.25, 0.3) is 21.5 Å². The van der Waals surface area contributed by atoms with Crippen molar-refractivity contribution in [2.45, 2.75) is 31.8 Å². The van der Waals surface area contributed by atoms with E-state index in [2.05, 4.69) is 26.7 Å². The number of carbonyl (C=O) groups excluding carboxylic acids is 1. The number of fused-ring (bicyclic) bond motifs is 1. The molecule has 2 N–H and O–H groups in total. The number of hydrogen-bond donors (Lipinski definition) is 2. The maximum absolute atomic E-state index is 12.0. The van der Waals surface area contributed by atoms with Gasteiger partial charge in [-0.15, -0.1) is 11.3 Å². The predicted molar refractivity (Wildman–Crippen MR) is 138 cm³/mol. The van der Waals surface area contributed by atoms with Crippen LogP contribution in [-0.4, -0.2) is 46.6 Å². The van der Waals surface area contributed by atoms with Gasteiger partial charge in [0.05, 0.1) is 11.1 Å². The summed E-state index contributed by atoms with van der Waals surface area (Å²) in [5.74, 6) is 1.50. The molecular formula is C26H26N6O2S. The molecule has 6 rings (SSSR count). The number of ether oxygens (including phenoxy) is 1. The van der Waals surface area contributed by atoms with Gasteiger partial charge in [-0.1, -0.05) is 0 Å². The normalized spacial score (nSPS) is 16.7. The van der Waals surface area contributed by atoms with E-state index in [0.717, 1.165) is 77.5 Å². The van der Waals surface area contributed by atoms with Gasteiger partial charge in [0.15, 0.2) is 0 Å². The molecule has 4 aromatic rings. The molecule has 2 aliphatic rings. The number of rotatable bonds is 6. The van der Waals surface area contributed by atoms with Crippen LogP contribution in [0.1, 0.15) is 25.7 Å². The Balaban J connectivity index is 1.27. The number of benzene rings is 2. The largest absolute Gasteiger partial charge is 0.490 e. The van der Waals surface area contributed by atoms with Crippen LogP contribution in [0.4, 0.5) is 17.3 Å².